The van der Waals surface area contributed by atoms with Crippen molar-refractivity contribution in [3.63, 3.8) is 0 Å². The van der Waals surface area contributed by atoms with E-state index >= 15 is 0 Å². The smallest absolute Gasteiger partial charge is 0.292 e. The van der Waals surface area contributed by atoms with Crippen LogP contribution >= 0.6 is 0 Å². The van der Waals surface area contributed by atoms with Crippen molar-refractivity contribution in [2.45, 2.75) is 33.2 Å². The minimum Gasteiger partial charge on any atom is -0.379 e. The van der Waals surface area contributed by atoms with Gasteiger partial charge in [-0.05, 0) is 18.5 Å². The lowest BCUT2D eigenvalue weighted by Crippen LogP contribution is -2.24. The molecular formula is C15H22N4O2. The number of rotatable bonds is 9. The highest BCUT2D eigenvalue weighted by atomic mass is 16.6. The summed E-state index contributed by atoms with van der Waals surface area (Å²) in [5, 5.41) is 23.0. The molecule has 0 aromatic heterocycles. The molecule has 21 heavy (non-hydrogen) atoms. The zero-order valence-electron chi connectivity index (χ0n) is 12.6. The molecular weight excluding hydrogens is 268 g/mol. The van der Waals surface area contributed by atoms with Crippen molar-refractivity contribution in [3.8, 4) is 6.07 Å². The van der Waals surface area contributed by atoms with E-state index < -0.39 is 0 Å². The second-order valence-electron chi connectivity index (χ2n) is 4.77. The normalized spacial score (nSPS) is 10.4. The molecule has 1 rings (SSSR count). The van der Waals surface area contributed by atoms with Gasteiger partial charge in [0.2, 0.25) is 0 Å². The monoisotopic (exact) mass is 290 g/mol. The maximum Gasteiger partial charge on any atom is 0.292 e. The fourth-order valence-electron chi connectivity index (χ4n) is 2.12. The Balaban J connectivity index is 3.01. The Morgan fingerprint density at radius 3 is 2.76 bits per heavy atom. The van der Waals surface area contributed by atoms with Crippen LogP contribution in [0.3, 0.4) is 0 Å². The summed E-state index contributed by atoms with van der Waals surface area (Å²) in [6.45, 7) is 6.81. The first-order chi connectivity index (χ1) is 10.1. The number of hydrogen-bond acceptors (Lipinski definition) is 5. The topological polar surface area (TPSA) is 82.2 Å². The van der Waals surface area contributed by atoms with Gasteiger partial charge in [0.05, 0.1) is 11.0 Å². The van der Waals surface area contributed by atoms with Gasteiger partial charge in [-0.25, -0.2) is 0 Å². The van der Waals surface area contributed by atoms with Crippen molar-refractivity contribution in [3.05, 3.63) is 33.9 Å². The summed E-state index contributed by atoms with van der Waals surface area (Å²) in [5.41, 5.74) is 1.61. The molecule has 1 aromatic carbocycles. The molecule has 0 bridgehead atoms. The largest absolute Gasteiger partial charge is 0.379 e. The average molecular weight is 290 g/mol. The minimum atomic E-state index is -0.354. The molecule has 0 unspecified atom stereocenters. The molecule has 114 valence electrons. The molecule has 0 atom stereocenters. The number of anilines is 1. The molecule has 0 aliphatic carbocycles. The third-order valence-electron chi connectivity index (χ3n) is 3.26. The summed E-state index contributed by atoms with van der Waals surface area (Å²) < 4.78 is 0. The Kier molecular flexibility index (Phi) is 7.19. The molecule has 0 saturated carbocycles. The number of para-hydroxylation sites is 1. The lowest BCUT2D eigenvalue weighted by Gasteiger charge is -2.21. The van der Waals surface area contributed by atoms with Gasteiger partial charge in [0.1, 0.15) is 5.69 Å². The van der Waals surface area contributed by atoms with E-state index in [9.17, 15) is 10.1 Å². The Morgan fingerprint density at radius 1 is 1.43 bits per heavy atom. The van der Waals surface area contributed by atoms with Crippen LogP contribution in [0.2, 0.25) is 0 Å². The van der Waals surface area contributed by atoms with Gasteiger partial charge in [-0.3, -0.25) is 15.0 Å². The van der Waals surface area contributed by atoms with Gasteiger partial charge in [0.15, 0.2) is 0 Å². The number of nitriles is 1. The molecule has 0 radical (unpaired) electrons. The van der Waals surface area contributed by atoms with Crippen LogP contribution in [0.25, 0.3) is 0 Å². The van der Waals surface area contributed by atoms with Crippen LogP contribution in [0.5, 0.6) is 0 Å². The number of nitrogens with zero attached hydrogens (tertiary/aromatic N) is 3. The lowest BCUT2D eigenvalue weighted by molar-refractivity contribution is -0.384. The van der Waals surface area contributed by atoms with E-state index in [1.165, 1.54) is 6.07 Å². The van der Waals surface area contributed by atoms with Crippen molar-refractivity contribution in [1.82, 2.24) is 4.90 Å². The third-order valence-corrected chi connectivity index (χ3v) is 3.26. The molecule has 0 saturated heterocycles. The zero-order valence-corrected chi connectivity index (χ0v) is 12.6. The molecule has 0 heterocycles. The standard InChI is InChI=1S/C15H22N4O2/c1-3-10-17-15-13(7-5-8-14(15)19(20)21)12-18(4-2)11-6-9-16/h5,7-8,17H,3-4,6,10-12H2,1-2H3. The number of benzene rings is 1. The number of nitrogens with one attached hydrogen (secondary N) is 1. The fourth-order valence-corrected chi connectivity index (χ4v) is 2.12. The Hall–Kier alpha value is -2.13. The van der Waals surface area contributed by atoms with Gasteiger partial charge in [-0.1, -0.05) is 26.0 Å². The lowest BCUT2D eigenvalue weighted by atomic mass is 10.1. The predicted molar refractivity (Wildman–Crippen MR) is 83.1 cm³/mol. The second-order valence-corrected chi connectivity index (χ2v) is 4.77. The molecule has 0 fully saturated rings. The highest BCUT2D eigenvalue weighted by Gasteiger charge is 2.18. The second kappa shape index (κ2) is 8.93. The third kappa shape index (κ3) is 5.04. The first-order valence-corrected chi connectivity index (χ1v) is 7.23. The van der Waals surface area contributed by atoms with E-state index in [2.05, 4.69) is 16.3 Å². The zero-order chi connectivity index (χ0) is 15.7. The Labute approximate surface area is 125 Å². The SMILES string of the molecule is CCCNc1c(CN(CC)CCC#N)cccc1[N+](=O)[O-]. The van der Waals surface area contributed by atoms with Crippen molar-refractivity contribution < 1.29 is 4.92 Å². The predicted octanol–water partition coefficient (Wildman–Crippen LogP) is 3.15. The molecule has 6 heteroatoms. The molecule has 0 spiro atoms. The van der Waals surface area contributed by atoms with Gasteiger partial charge >= 0.3 is 0 Å². The molecule has 0 aliphatic rings. The van der Waals surface area contributed by atoms with Crippen LogP contribution in [0.15, 0.2) is 18.2 Å². The Bertz CT molecular complexity index is 511. The van der Waals surface area contributed by atoms with Crippen LogP contribution in [0.4, 0.5) is 11.4 Å². The summed E-state index contributed by atoms with van der Waals surface area (Å²) in [7, 11) is 0. The number of nitro groups is 1. The van der Waals surface area contributed by atoms with Gasteiger partial charge in [0, 0.05) is 32.1 Å². The van der Waals surface area contributed by atoms with Gasteiger partial charge < -0.3 is 5.32 Å². The van der Waals surface area contributed by atoms with E-state index in [4.69, 9.17) is 5.26 Å². The maximum atomic E-state index is 11.2. The van der Waals surface area contributed by atoms with Crippen molar-refractivity contribution in [1.29, 1.82) is 5.26 Å². The summed E-state index contributed by atoms with van der Waals surface area (Å²) in [4.78, 5) is 12.9. The highest BCUT2D eigenvalue weighted by Crippen LogP contribution is 2.29. The van der Waals surface area contributed by atoms with Crippen molar-refractivity contribution in [2.75, 3.05) is 25.0 Å². The molecule has 6 nitrogen and oxygen atoms in total. The first kappa shape index (κ1) is 16.9. The summed E-state index contributed by atoms with van der Waals surface area (Å²) >= 11 is 0. The highest BCUT2D eigenvalue weighted by molar-refractivity contribution is 5.66. The maximum absolute atomic E-state index is 11.2. The van der Waals surface area contributed by atoms with Gasteiger partial charge in [0.25, 0.3) is 5.69 Å². The summed E-state index contributed by atoms with van der Waals surface area (Å²) in [5.74, 6) is 0. The molecule has 1 aromatic rings. The quantitative estimate of drug-likeness (QED) is 0.558. The summed E-state index contributed by atoms with van der Waals surface area (Å²) in [6.07, 6.45) is 1.36. The van der Waals surface area contributed by atoms with Crippen molar-refractivity contribution in [2.24, 2.45) is 0 Å². The fraction of sp³-hybridized carbons (Fsp3) is 0.533. The van der Waals surface area contributed by atoms with Crippen molar-refractivity contribution >= 4 is 11.4 Å². The van der Waals surface area contributed by atoms with Crippen LogP contribution in [0.1, 0.15) is 32.3 Å². The Morgan fingerprint density at radius 2 is 2.19 bits per heavy atom. The van der Waals surface area contributed by atoms with Crippen LogP contribution in [-0.4, -0.2) is 29.5 Å². The first-order valence-electron chi connectivity index (χ1n) is 7.23. The van der Waals surface area contributed by atoms with Crippen LogP contribution < -0.4 is 5.32 Å². The van der Waals surface area contributed by atoms with E-state index in [0.29, 0.717) is 31.7 Å². The minimum absolute atomic E-state index is 0.109. The van der Waals surface area contributed by atoms with E-state index in [1.54, 1.807) is 6.07 Å². The average Bonchev–Trinajstić information content (AvgIpc) is 2.49. The van der Waals surface area contributed by atoms with E-state index in [-0.39, 0.29) is 10.6 Å². The van der Waals surface area contributed by atoms with Crippen LogP contribution in [-0.2, 0) is 6.54 Å². The number of hydrogen-bond donors (Lipinski definition) is 1. The molecule has 0 aliphatic heterocycles. The van der Waals surface area contributed by atoms with Gasteiger partial charge in [-0.15, -0.1) is 0 Å². The van der Waals surface area contributed by atoms with E-state index in [0.717, 1.165) is 18.5 Å². The van der Waals surface area contributed by atoms with Crippen LogP contribution in [0, 0.1) is 21.4 Å². The van der Waals surface area contributed by atoms with Gasteiger partial charge in [-0.2, -0.15) is 5.26 Å². The van der Waals surface area contributed by atoms with E-state index in [1.807, 2.05) is 19.9 Å². The summed E-state index contributed by atoms with van der Waals surface area (Å²) in [6, 6.07) is 7.27. The number of nitro benzene ring substituents is 1. The molecule has 0 amide bonds. The molecule has 1 N–H and O–H groups in total.